The number of aromatic nitrogens is 1. The summed E-state index contributed by atoms with van der Waals surface area (Å²) in [6.07, 6.45) is -1.47. The molecule has 0 aliphatic carbocycles. The molecule has 0 aliphatic rings. The van der Waals surface area contributed by atoms with Gasteiger partial charge in [-0.2, -0.15) is 24.9 Å². The zero-order chi connectivity index (χ0) is 27.5. The van der Waals surface area contributed by atoms with Crippen LogP contribution in [-0.4, -0.2) is 35.1 Å². The van der Waals surface area contributed by atoms with Gasteiger partial charge in [0.25, 0.3) is 0 Å². The van der Waals surface area contributed by atoms with E-state index in [0.29, 0.717) is 22.4 Å². The Hall–Kier alpha value is -2.94. The molecule has 0 amide bonds. The van der Waals surface area contributed by atoms with E-state index in [1.807, 2.05) is 24.5 Å². The molecule has 0 aliphatic heterocycles. The number of halogens is 3. The van der Waals surface area contributed by atoms with Gasteiger partial charge in [0, 0.05) is 23.3 Å². The van der Waals surface area contributed by atoms with E-state index in [1.165, 1.54) is 16.7 Å². The minimum atomic E-state index is -4.49. The third-order valence-electron chi connectivity index (χ3n) is 5.92. The topological polar surface area (TPSA) is 57.5 Å². The molecule has 200 valence electrons. The van der Waals surface area contributed by atoms with Crippen LogP contribution in [0.2, 0.25) is 0 Å². The molecule has 0 saturated carbocycles. The molecule has 3 rings (SSSR count). The second-order valence-corrected chi connectivity index (χ2v) is 10.7. The van der Waals surface area contributed by atoms with E-state index in [9.17, 15) is 22.8 Å². The number of benzene rings is 2. The standard InChI is InChI=1S/C28H32F3NO4S/c1-7-35-25(33)17(2)23(18-11-13-20(14-12-18)28(29,30)31)22-15-32(26(34)36-27(3,4)5)24-19(16-37-6)9-8-10-21(22)24/h8-15,17,23H,7,16H2,1-6H3. The van der Waals surface area contributed by atoms with Gasteiger partial charge in [0.1, 0.15) is 5.60 Å². The van der Waals surface area contributed by atoms with Crippen molar-refractivity contribution in [1.29, 1.82) is 0 Å². The van der Waals surface area contributed by atoms with Crippen LogP contribution >= 0.6 is 11.8 Å². The van der Waals surface area contributed by atoms with Crippen LogP contribution in [0.5, 0.6) is 0 Å². The molecule has 3 aromatic rings. The third kappa shape index (κ3) is 6.50. The zero-order valence-corrected chi connectivity index (χ0v) is 22.6. The van der Waals surface area contributed by atoms with Crippen LogP contribution in [0.25, 0.3) is 10.9 Å². The Morgan fingerprint density at radius 3 is 2.24 bits per heavy atom. The quantitative estimate of drug-likeness (QED) is 0.291. The van der Waals surface area contributed by atoms with Crippen molar-refractivity contribution in [1.82, 2.24) is 4.57 Å². The Morgan fingerprint density at radius 2 is 1.70 bits per heavy atom. The number of fused-ring (bicyclic) bond motifs is 1. The van der Waals surface area contributed by atoms with Gasteiger partial charge < -0.3 is 9.47 Å². The minimum absolute atomic E-state index is 0.167. The molecule has 2 unspecified atom stereocenters. The highest BCUT2D eigenvalue weighted by Gasteiger charge is 2.34. The average Bonchev–Trinajstić information content (AvgIpc) is 3.19. The molecular weight excluding hydrogens is 503 g/mol. The average molecular weight is 536 g/mol. The van der Waals surface area contributed by atoms with Crippen molar-refractivity contribution < 1.29 is 32.2 Å². The fourth-order valence-corrected chi connectivity index (χ4v) is 4.93. The molecular formula is C28H32F3NO4S. The van der Waals surface area contributed by atoms with Crippen molar-refractivity contribution in [3.63, 3.8) is 0 Å². The number of carbonyl (C=O) groups is 2. The highest BCUT2D eigenvalue weighted by atomic mass is 32.2. The SMILES string of the molecule is CCOC(=O)C(C)C(c1ccc(C(F)(F)F)cc1)c1cn(C(=O)OC(C)(C)C)c2c(CSC)cccc12. The first-order chi connectivity index (χ1) is 17.3. The van der Waals surface area contributed by atoms with Crippen molar-refractivity contribution in [2.24, 2.45) is 5.92 Å². The predicted octanol–water partition coefficient (Wildman–Crippen LogP) is 7.64. The van der Waals surface area contributed by atoms with Crippen LogP contribution in [0.3, 0.4) is 0 Å². The summed E-state index contributed by atoms with van der Waals surface area (Å²) in [4.78, 5) is 26.2. The number of esters is 1. The summed E-state index contributed by atoms with van der Waals surface area (Å²) in [6.45, 7) is 8.86. The number of thioether (sulfide) groups is 1. The minimum Gasteiger partial charge on any atom is -0.466 e. The highest BCUT2D eigenvalue weighted by molar-refractivity contribution is 7.97. The van der Waals surface area contributed by atoms with Crippen molar-refractivity contribution in [2.45, 2.75) is 58.1 Å². The van der Waals surface area contributed by atoms with E-state index in [-0.39, 0.29) is 6.61 Å². The Kier molecular flexibility index (Phi) is 8.67. The van der Waals surface area contributed by atoms with Gasteiger partial charge in [-0.15, -0.1) is 0 Å². The van der Waals surface area contributed by atoms with E-state index >= 15 is 0 Å². The molecule has 0 bridgehead atoms. The molecule has 2 atom stereocenters. The molecule has 9 heteroatoms. The molecule has 0 saturated heterocycles. The highest BCUT2D eigenvalue weighted by Crippen LogP contribution is 2.40. The summed E-state index contributed by atoms with van der Waals surface area (Å²) in [7, 11) is 0. The van der Waals surface area contributed by atoms with Gasteiger partial charge in [-0.3, -0.25) is 9.36 Å². The van der Waals surface area contributed by atoms with E-state index in [2.05, 4.69) is 0 Å². The number of hydrogen-bond acceptors (Lipinski definition) is 5. The number of para-hydroxylation sites is 1. The van der Waals surface area contributed by atoms with E-state index in [0.717, 1.165) is 23.1 Å². The molecule has 5 nitrogen and oxygen atoms in total. The smallest absolute Gasteiger partial charge is 0.419 e. The number of nitrogens with zero attached hydrogens (tertiary/aromatic N) is 1. The van der Waals surface area contributed by atoms with Crippen LogP contribution < -0.4 is 0 Å². The predicted molar refractivity (Wildman–Crippen MR) is 140 cm³/mol. The maximum atomic E-state index is 13.3. The Morgan fingerprint density at radius 1 is 1.05 bits per heavy atom. The second-order valence-electron chi connectivity index (χ2n) is 9.82. The second kappa shape index (κ2) is 11.2. The molecule has 0 fully saturated rings. The van der Waals surface area contributed by atoms with Crippen molar-refractivity contribution in [2.75, 3.05) is 12.9 Å². The summed E-state index contributed by atoms with van der Waals surface area (Å²) in [5.41, 5.74) is 1.16. The van der Waals surface area contributed by atoms with Crippen LogP contribution in [0, 0.1) is 5.92 Å². The van der Waals surface area contributed by atoms with Crippen LogP contribution in [-0.2, 0) is 26.2 Å². The Labute approximate surface area is 219 Å². The number of rotatable bonds is 7. The van der Waals surface area contributed by atoms with E-state index < -0.39 is 41.2 Å². The van der Waals surface area contributed by atoms with Gasteiger partial charge in [0.15, 0.2) is 0 Å². The lowest BCUT2D eigenvalue weighted by Gasteiger charge is -2.24. The molecule has 1 aromatic heterocycles. The van der Waals surface area contributed by atoms with Gasteiger partial charge in [-0.1, -0.05) is 37.3 Å². The number of carbonyl (C=O) groups excluding carboxylic acids is 2. The Balaban J connectivity index is 2.28. The van der Waals surface area contributed by atoms with Gasteiger partial charge in [-0.05, 0) is 62.8 Å². The first-order valence-electron chi connectivity index (χ1n) is 12.0. The zero-order valence-electron chi connectivity index (χ0n) is 21.8. The van der Waals surface area contributed by atoms with E-state index in [1.54, 1.807) is 52.6 Å². The summed E-state index contributed by atoms with van der Waals surface area (Å²) >= 11 is 1.59. The van der Waals surface area contributed by atoms with Crippen molar-refractivity contribution in [3.05, 3.63) is 70.9 Å². The number of hydrogen-bond donors (Lipinski definition) is 0. The number of alkyl halides is 3. The molecule has 0 radical (unpaired) electrons. The van der Waals surface area contributed by atoms with E-state index in [4.69, 9.17) is 9.47 Å². The first kappa shape index (κ1) is 28.6. The summed E-state index contributed by atoms with van der Waals surface area (Å²) in [5.74, 6) is -1.26. The lowest BCUT2D eigenvalue weighted by Crippen LogP contribution is -2.27. The largest absolute Gasteiger partial charge is 0.466 e. The maximum absolute atomic E-state index is 13.3. The van der Waals surface area contributed by atoms with Gasteiger partial charge in [0.2, 0.25) is 0 Å². The summed E-state index contributed by atoms with van der Waals surface area (Å²) < 4.78 is 52.1. The summed E-state index contributed by atoms with van der Waals surface area (Å²) in [6, 6.07) is 10.4. The summed E-state index contributed by atoms with van der Waals surface area (Å²) in [5, 5.41) is 0.721. The maximum Gasteiger partial charge on any atom is 0.419 e. The lowest BCUT2D eigenvalue weighted by molar-refractivity contribution is -0.147. The van der Waals surface area contributed by atoms with Gasteiger partial charge >= 0.3 is 18.2 Å². The van der Waals surface area contributed by atoms with Crippen molar-refractivity contribution in [3.8, 4) is 0 Å². The fourth-order valence-electron chi connectivity index (χ4n) is 4.38. The molecule has 2 aromatic carbocycles. The Bertz CT molecular complexity index is 1260. The van der Waals surface area contributed by atoms with Crippen LogP contribution in [0.15, 0.2) is 48.7 Å². The van der Waals surface area contributed by atoms with Gasteiger partial charge in [0.05, 0.1) is 23.6 Å². The molecule has 0 spiro atoms. The van der Waals surface area contributed by atoms with Crippen LogP contribution in [0.4, 0.5) is 18.0 Å². The fraction of sp³-hybridized carbons (Fsp3) is 0.429. The third-order valence-corrected chi connectivity index (χ3v) is 6.52. The van der Waals surface area contributed by atoms with Crippen LogP contribution in [0.1, 0.15) is 62.8 Å². The lowest BCUT2D eigenvalue weighted by atomic mass is 9.81. The first-order valence-corrected chi connectivity index (χ1v) is 13.4. The molecule has 37 heavy (non-hydrogen) atoms. The molecule has 0 N–H and O–H groups in total. The normalized spacial score (nSPS) is 13.9. The number of ether oxygens (including phenoxy) is 2. The van der Waals surface area contributed by atoms with Gasteiger partial charge in [-0.25, -0.2) is 4.79 Å². The molecule has 1 heterocycles. The monoisotopic (exact) mass is 535 g/mol. The van der Waals surface area contributed by atoms with Crippen molar-refractivity contribution >= 4 is 34.7 Å².